The summed E-state index contributed by atoms with van der Waals surface area (Å²) in [6.45, 7) is 2.06. The molecule has 2 aliphatic rings. The molecule has 0 unspecified atom stereocenters. The second kappa shape index (κ2) is 8.57. The molecule has 1 atom stereocenters. The summed E-state index contributed by atoms with van der Waals surface area (Å²) in [6.07, 6.45) is 6.05. The summed E-state index contributed by atoms with van der Waals surface area (Å²) in [5, 5.41) is 3.14. The van der Waals surface area contributed by atoms with E-state index in [0.717, 1.165) is 38.1 Å². The van der Waals surface area contributed by atoms with Crippen molar-refractivity contribution in [2.24, 2.45) is 0 Å². The highest BCUT2D eigenvalue weighted by Gasteiger charge is 2.26. The van der Waals surface area contributed by atoms with Gasteiger partial charge in [0.05, 0.1) is 12.6 Å². The number of hydrogen-bond acceptors (Lipinski definition) is 3. The third-order valence-electron chi connectivity index (χ3n) is 5.50. The van der Waals surface area contributed by atoms with Crippen LogP contribution in [0.4, 0.5) is 0 Å². The molecule has 0 bridgehead atoms. The van der Waals surface area contributed by atoms with E-state index in [9.17, 15) is 4.79 Å². The summed E-state index contributed by atoms with van der Waals surface area (Å²) in [5.41, 5.74) is 2.44. The molecule has 2 fully saturated rings. The Bertz CT molecular complexity index is 756. The van der Waals surface area contributed by atoms with Gasteiger partial charge in [0, 0.05) is 24.7 Å². The first kappa shape index (κ1) is 18.1. The summed E-state index contributed by atoms with van der Waals surface area (Å²) < 4.78 is 6.27. The molecular formula is C23H28N2O2. The van der Waals surface area contributed by atoms with Gasteiger partial charge in [-0.25, -0.2) is 0 Å². The van der Waals surface area contributed by atoms with Crippen LogP contribution >= 0.6 is 0 Å². The number of benzene rings is 2. The standard InChI is InChI=1S/C23H28N2O2/c26-23-17-25(16-20(24-23)14-18-8-2-1-3-9-18)15-19-10-4-7-13-22(19)27-21-11-5-6-12-21/h1-4,7-10,13,20-21H,5-6,11-12,14-17H2,(H,24,26)/t20-/m0/s1. The normalized spacial score (nSPS) is 21.2. The van der Waals surface area contributed by atoms with E-state index in [1.54, 1.807) is 0 Å². The Kier molecular flexibility index (Phi) is 5.73. The third kappa shape index (κ3) is 4.89. The quantitative estimate of drug-likeness (QED) is 0.852. The van der Waals surface area contributed by atoms with Crippen LogP contribution in [0, 0.1) is 0 Å². The van der Waals surface area contributed by atoms with Gasteiger partial charge in [-0.1, -0.05) is 48.5 Å². The molecule has 4 nitrogen and oxygen atoms in total. The maximum Gasteiger partial charge on any atom is 0.234 e. The third-order valence-corrected chi connectivity index (χ3v) is 5.50. The van der Waals surface area contributed by atoms with Gasteiger partial charge in [0.1, 0.15) is 5.75 Å². The fraction of sp³-hybridized carbons (Fsp3) is 0.435. The highest BCUT2D eigenvalue weighted by atomic mass is 16.5. The van der Waals surface area contributed by atoms with Gasteiger partial charge in [0.15, 0.2) is 0 Å². The van der Waals surface area contributed by atoms with Crippen molar-refractivity contribution in [2.45, 2.75) is 50.8 Å². The number of rotatable bonds is 6. The Hall–Kier alpha value is -2.33. The first-order valence-electron chi connectivity index (χ1n) is 10.1. The average molecular weight is 364 g/mol. The molecule has 0 aromatic heterocycles. The van der Waals surface area contributed by atoms with E-state index in [4.69, 9.17) is 4.74 Å². The zero-order valence-corrected chi connectivity index (χ0v) is 15.8. The van der Waals surface area contributed by atoms with E-state index in [-0.39, 0.29) is 11.9 Å². The Morgan fingerprint density at radius 2 is 1.74 bits per heavy atom. The van der Waals surface area contributed by atoms with E-state index < -0.39 is 0 Å². The van der Waals surface area contributed by atoms with Gasteiger partial charge in [-0.2, -0.15) is 0 Å². The molecule has 1 aliphatic heterocycles. The molecule has 0 spiro atoms. The van der Waals surface area contributed by atoms with Crippen molar-refractivity contribution < 1.29 is 9.53 Å². The molecule has 2 aromatic carbocycles. The van der Waals surface area contributed by atoms with Crippen molar-refractivity contribution in [3.05, 3.63) is 65.7 Å². The Morgan fingerprint density at radius 1 is 1.00 bits per heavy atom. The number of piperazine rings is 1. The number of ether oxygens (including phenoxy) is 1. The largest absolute Gasteiger partial charge is 0.490 e. The highest BCUT2D eigenvalue weighted by Crippen LogP contribution is 2.27. The van der Waals surface area contributed by atoms with Crippen LogP contribution in [0.15, 0.2) is 54.6 Å². The van der Waals surface area contributed by atoms with Crippen LogP contribution in [0.5, 0.6) is 5.75 Å². The van der Waals surface area contributed by atoms with E-state index in [2.05, 4.69) is 40.5 Å². The lowest BCUT2D eigenvalue weighted by molar-refractivity contribution is -0.125. The minimum Gasteiger partial charge on any atom is -0.490 e. The first-order valence-corrected chi connectivity index (χ1v) is 10.1. The number of nitrogens with one attached hydrogen (secondary N) is 1. The number of hydrogen-bond donors (Lipinski definition) is 1. The number of carbonyl (C=O) groups is 1. The van der Waals surface area contributed by atoms with Gasteiger partial charge in [-0.15, -0.1) is 0 Å². The molecule has 1 saturated heterocycles. The molecule has 1 amide bonds. The zero-order chi connectivity index (χ0) is 18.5. The molecule has 1 heterocycles. The number of para-hydroxylation sites is 1. The Morgan fingerprint density at radius 3 is 2.56 bits per heavy atom. The van der Waals surface area contributed by atoms with E-state index in [0.29, 0.717) is 12.6 Å². The van der Waals surface area contributed by atoms with Crippen molar-refractivity contribution in [1.82, 2.24) is 10.2 Å². The maximum atomic E-state index is 12.2. The van der Waals surface area contributed by atoms with Gasteiger partial charge >= 0.3 is 0 Å². The Labute approximate surface area is 161 Å². The molecule has 27 heavy (non-hydrogen) atoms. The lowest BCUT2D eigenvalue weighted by atomic mass is 10.0. The molecule has 4 heteroatoms. The van der Waals surface area contributed by atoms with Crippen molar-refractivity contribution in [3.8, 4) is 5.75 Å². The van der Waals surface area contributed by atoms with Gasteiger partial charge in [-0.3, -0.25) is 9.69 Å². The smallest absolute Gasteiger partial charge is 0.234 e. The van der Waals surface area contributed by atoms with Gasteiger partial charge < -0.3 is 10.1 Å². The van der Waals surface area contributed by atoms with E-state index in [1.807, 2.05) is 24.3 Å². The van der Waals surface area contributed by atoms with Crippen LogP contribution in [-0.4, -0.2) is 36.0 Å². The second-order valence-corrected chi connectivity index (χ2v) is 7.76. The monoisotopic (exact) mass is 364 g/mol. The van der Waals surface area contributed by atoms with Crippen molar-refractivity contribution in [2.75, 3.05) is 13.1 Å². The topological polar surface area (TPSA) is 41.6 Å². The van der Waals surface area contributed by atoms with Crippen LogP contribution in [-0.2, 0) is 17.8 Å². The van der Waals surface area contributed by atoms with Crippen LogP contribution in [0.3, 0.4) is 0 Å². The summed E-state index contributed by atoms with van der Waals surface area (Å²) >= 11 is 0. The number of nitrogens with zero attached hydrogens (tertiary/aromatic N) is 1. The Balaban J connectivity index is 1.41. The van der Waals surface area contributed by atoms with Crippen molar-refractivity contribution in [3.63, 3.8) is 0 Å². The molecule has 142 valence electrons. The lowest BCUT2D eigenvalue weighted by Crippen LogP contribution is -2.54. The first-order chi connectivity index (χ1) is 13.3. The fourth-order valence-corrected chi connectivity index (χ4v) is 4.21. The molecular weight excluding hydrogens is 336 g/mol. The summed E-state index contributed by atoms with van der Waals surface area (Å²) in [7, 11) is 0. The number of carbonyl (C=O) groups excluding carboxylic acids is 1. The molecule has 2 aromatic rings. The van der Waals surface area contributed by atoms with Crippen molar-refractivity contribution >= 4 is 5.91 Å². The predicted molar refractivity (Wildman–Crippen MR) is 107 cm³/mol. The molecule has 1 N–H and O–H groups in total. The highest BCUT2D eigenvalue weighted by molar-refractivity contribution is 5.79. The molecule has 1 saturated carbocycles. The minimum absolute atomic E-state index is 0.108. The second-order valence-electron chi connectivity index (χ2n) is 7.76. The van der Waals surface area contributed by atoms with Gasteiger partial charge in [0.25, 0.3) is 0 Å². The van der Waals surface area contributed by atoms with Gasteiger partial charge in [-0.05, 0) is 43.7 Å². The number of amides is 1. The fourth-order valence-electron chi connectivity index (χ4n) is 4.21. The predicted octanol–water partition coefficient (Wildman–Crippen LogP) is 3.55. The van der Waals surface area contributed by atoms with Crippen LogP contribution in [0.1, 0.15) is 36.8 Å². The van der Waals surface area contributed by atoms with Crippen LogP contribution in [0.2, 0.25) is 0 Å². The minimum atomic E-state index is 0.108. The van der Waals surface area contributed by atoms with Crippen molar-refractivity contribution in [1.29, 1.82) is 0 Å². The summed E-state index contributed by atoms with van der Waals surface area (Å²) in [6, 6.07) is 18.8. The zero-order valence-electron chi connectivity index (χ0n) is 15.8. The SMILES string of the molecule is O=C1CN(Cc2ccccc2OC2CCCC2)C[C@H](Cc2ccccc2)N1. The molecule has 0 radical (unpaired) electrons. The van der Waals surface area contributed by atoms with E-state index in [1.165, 1.54) is 24.0 Å². The van der Waals surface area contributed by atoms with Gasteiger partial charge in [0.2, 0.25) is 5.91 Å². The van der Waals surface area contributed by atoms with Crippen LogP contribution < -0.4 is 10.1 Å². The molecule has 4 rings (SSSR count). The van der Waals surface area contributed by atoms with Crippen LogP contribution in [0.25, 0.3) is 0 Å². The van der Waals surface area contributed by atoms with E-state index >= 15 is 0 Å². The summed E-state index contributed by atoms with van der Waals surface area (Å²) in [4.78, 5) is 14.5. The average Bonchev–Trinajstić information content (AvgIpc) is 3.17. The maximum absolute atomic E-state index is 12.2. The summed E-state index contributed by atoms with van der Waals surface area (Å²) in [5.74, 6) is 1.09. The molecule has 1 aliphatic carbocycles. The lowest BCUT2D eigenvalue weighted by Gasteiger charge is -2.33.